The fourth-order valence-electron chi connectivity index (χ4n) is 2.18. The van der Waals surface area contributed by atoms with Crippen molar-refractivity contribution in [2.24, 2.45) is 0 Å². The highest BCUT2D eigenvalue weighted by Crippen LogP contribution is 2.17. The second kappa shape index (κ2) is 14.2. The van der Waals surface area contributed by atoms with Crippen LogP contribution in [0, 0.1) is 0 Å². The predicted molar refractivity (Wildman–Crippen MR) is 86.0 cm³/mol. The average Bonchev–Trinajstić information content (AvgIpc) is 2.35. The van der Waals surface area contributed by atoms with Crippen molar-refractivity contribution < 1.29 is 9.90 Å². The normalized spacial score (nSPS) is 12.5. The van der Waals surface area contributed by atoms with Crippen molar-refractivity contribution >= 4 is 17.7 Å². The Labute approximate surface area is 123 Å². The maximum Gasteiger partial charge on any atom is 0.304 e. The minimum Gasteiger partial charge on any atom is -0.481 e. The number of aliphatic carboxylic acids is 1. The number of rotatable bonds is 14. The maximum atomic E-state index is 10.5. The van der Waals surface area contributed by atoms with Crippen molar-refractivity contribution in [3.63, 3.8) is 0 Å². The van der Waals surface area contributed by atoms with Gasteiger partial charge in [-0.3, -0.25) is 4.79 Å². The maximum absolute atomic E-state index is 10.5. The summed E-state index contributed by atoms with van der Waals surface area (Å²) in [5.41, 5.74) is 0. The molecule has 1 atom stereocenters. The number of unbranched alkanes of at least 4 members (excludes halogenated alkanes) is 9. The molecule has 1 N–H and O–H groups in total. The zero-order valence-electron chi connectivity index (χ0n) is 12.8. The summed E-state index contributed by atoms with van der Waals surface area (Å²) in [5.74, 6) is 0.438. The zero-order chi connectivity index (χ0) is 14.3. The Kier molecular flexibility index (Phi) is 14.1. The van der Waals surface area contributed by atoms with Crippen LogP contribution in [-0.2, 0) is 4.79 Å². The largest absolute Gasteiger partial charge is 0.481 e. The lowest BCUT2D eigenvalue weighted by molar-refractivity contribution is -0.136. The molecule has 1 unspecified atom stereocenters. The highest BCUT2D eigenvalue weighted by Gasteiger charge is 2.06. The van der Waals surface area contributed by atoms with E-state index in [0.29, 0.717) is 6.42 Å². The Balaban J connectivity index is 3.08. The van der Waals surface area contributed by atoms with Gasteiger partial charge < -0.3 is 5.11 Å². The van der Waals surface area contributed by atoms with Crippen LogP contribution in [0.3, 0.4) is 0 Å². The summed E-state index contributed by atoms with van der Waals surface area (Å²) in [6, 6.07) is 0. The van der Waals surface area contributed by atoms with Gasteiger partial charge in [-0.15, -0.1) is 0 Å². The molecule has 3 heteroatoms. The van der Waals surface area contributed by atoms with Gasteiger partial charge in [0, 0.05) is 5.25 Å². The zero-order valence-corrected chi connectivity index (χ0v) is 13.6. The van der Waals surface area contributed by atoms with Crippen LogP contribution in [0.25, 0.3) is 0 Å². The Bertz CT molecular complexity index is 207. The summed E-state index contributed by atoms with van der Waals surface area (Å²) in [6.07, 6.45) is 13.9. The van der Waals surface area contributed by atoms with Gasteiger partial charge in [-0.05, 0) is 12.2 Å². The third-order valence-corrected chi connectivity index (χ3v) is 4.62. The van der Waals surface area contributed by atoms with E-state index in [-0.39, 0.29) is 5.25 Å². The van der Waals surface area contributed by atoms with E-state index >= 15 is 0 Å². The first kappa shape index (κ1) is 18.8. The predicted octanol–water partition coefficient (Wildman–Crippen LogP) is 5.50. The van der Waals surface area contributed by atoms with Gasteiger partial charge in [-0.2, -0.15) is 11.8 Å². The smallest absolute Gasteiger partial charge is 0.304 e. The lowest BCUT2D eigenvalue weighted by Gasteiger charge is -2.07. The number of hydrogen-bond acceptors (Lipinski definition) is 2. The van der Waals surface area contributed by atoms with E-state index in [1.807, 2.05) is 6.92 Å². The summed E-state index contributed by atoms with van der Waals surface area (Å²) in [7, 11) is 0. The van der Waals surface area contributed by atoms with E-state index in [4.69, 9.17) is 5.11 Å². The molecule has 0 heterocycles. The number of carboxylic acids is 1. The van der Waals surface area contributed by atoms with E-state index < -0.39 is 5.97 Å². The van der Waals surface area contributed by atoms with E-state index in [1.165, 1.54) is 64.2 Å². The molecule has 0 aliphatic heterocycles. The third-order valence-electron chi connectivity index (χ3n) is 3.36. The molecular formula is C16H32O2S. The quantitative estimate of drug-likeness (QED) is 0.429. The third kappa shape index (κ3) is 15.8. The van der Waals surface area contributed by atoms with Crippen LogP contribution in [0.15, 0.2) is 0 Å². The molecule has 0 aliphatic rings. The molecule has 0 radical (unpaired) electrons. The Morgan fingerprint density at radius 2 is 1.42 bits per heavy atom. The van der Waals surface area contributed by atoms with Crippen molar-refractivity contribution in [1.82, 2.24) is 0 Å². The van der Waals surface area contributed by atoms with E-state index in [0.717, 1.165) is 5.75 Å². The van der Waals surface area contributed by atoms with Crippen molar-refractivity contribution in [3.05, 3.63) is 0 Å². The van der Waals surface area contributed by atoms with E-state index in [2.05, 4.69) is 6.92 Å². The standard InChI is InChI=1S/C16H32O2S/c1-3-4-5-6-7-8-9-10-11-12-13-19-15(2)14-16(17)18/h15H,3-14H2,1-2H3,(H,17,18). The molecule has 0 saturated heterocycles. The molecule has 19 heavy (non-hydrogen) atoms. The van der Waals surface area contributed by atoms with Gasteiger partial charge in [0.1, 0.15) is 0 Å². The molecule has 114 valence electrons. The van der Waals surface area contributed by atoms with Crippen LogP contribution >= 0.6 is 11.8 Å². The molecule has 0 aliphatic carbocycles. The van der Waals surface area contributed by atoms with Gasteiger partial charge in [0.15, 0.2) is 0 Å². The first-order valence-corrected chi connectivity index (χ1v) is 9.05. The Morgan fingerprint density at radius 3 is 1.89 bits per heavy atom. The lowest BCUT2D eigenvalue weighted by Crippen LogP contribution is -2.06. The summed E-state index contributed by atoms with van der Waals surface area (Å²) in [6.45, 7) is 4.27. The lowest BCUT2D eigenvalue weighted by atomic mass is 10.1. The molecule has 0 saturated carbocycles. The number of carboxylic acid groups (broad SMARTS) is 1. The summed E-state index contributed by atoms with van der Waals surface area (Å²) in [4.78, 5) is 10.5. The molecule has 0 aromatic carbocycles. The monoisotopic (exact) mass is 288 g/mol. The second-order valence-corrected chi connectivity index (χ2v) is 7.01. The van der Waals surface area contributed by atoms with Gasteiger partial charge in [0.25, 0.3) is 0 Å². The van der Waals surface area contributed by atoms with Gasteiger partial charge in [-0.25, -0.2) is 0 Å². The average molecular weight is 288 g/mol. The van der Waals surface area contributed by atoms with Crippen LogP contribution in [-0.4, -0.2) is 22.1 Å². The van der Waals surface area contributed by atoms with Crippen LogP contribution in [0.2, 0.25) is 0 Å². The molecule has 0 fully saturated rings. The first-order valence-electron chi connectivity index (χ1n) is 8.00. The fourth-order valence-corrected chi connectivity index (χ4v) is 3.21. The Morgan fingerprint density at radius 1 is 0.947 bits per heavy atom. The molecule has 2 nitrogen and oxygen atoms in total. The summed E-state index contributed by atoms with van der Waals surface area (Å²) >= 11 is 1.80. The topological polar surface area (TPSA) is 37.3 Å². The number of carbonyl (C=O) groups is 1. The first-order chi connectivity index (χ1) is 9.16. The molecule has 0 spiro atoms. The van der Waals surface area contributed by atoms with E-state index in [1.54, 1.807) is 11.8 Å². The van der Waals surface area contributed by atoms with Crippen LogP contribution in [0.5, 0.6) is 0 Å². The summed E-state index contributed by atoms with van der Waals surface area (Å²) in [5, 5.41) is 8.91. The number of thioether (sulfide) groups is 1. The minimum atomic E-state index is -0.678. The van der Waals surface area contributed by atoms with Gasteiger partial charge in [0.2, 0.25) is 0 Å². The SMILES string of the molecule is CCCCCCCCCCCCSC(C)CC(=O)O. The van der Waals surface area contributed by atoms with Crippen LogP contribution in [0.4, 0.5) is 0 Å². The molecule has 0 amide bonds. The number of hydrogen-bond donors (Lipinski definition) is 1. The van der Waals surface area contributed by atoms with E-state index in [9.17, 15) is 4.79 Å². The molecule has 0 aromatic rings. The van der Waals surface area contributed by atoms with Gasteiger partial charge in [0.05, 0.1) is 6.42 Å². The molecule has 0 rings (SSSR count). The molecule has 0 bridgehead atoms. The summed E-state index contributed by atoms with van der Waals surface area (Å²) < 4.78 is 0. The van der Waals surface area contributed by atoms with Gasteiger partial charge in [-0.1, -0.05) is 71.6 Å². The van der Waals surface area contributed by atoms with Crippen molar-refractivity contribution in [2.75, 3.05) is 5.75 Å². The highest BCUT2D eigenvalue weighted by molar-refractivity contribution is 7.99. The van der Waals surface area contributed by atoms with Crippen LogP contribution < -0.4 is 0 Å². The fraction of sp³-hybridized carbons (Fsp3) is 0.938. The minimum absolute atomic E-state index is 0.260. The van der Waals surface area contributed by atoms with Crippen molar-refractivity contribution in [1.29, 1.82) is 0 Å². The van der Waals surface area contributed by atoms with Crippen molar-refractivity contribution in [2.45, 2.75) is 89.7 Å². The molecule has 0 aromatic heterocycles. The highest BCUT2D eigenvalue weighted by atomic mass is 32.2. The van der Waals surface area contributed by atoms with Crippen molar-refractivity contribution in [3.8, 4) is 0 Å². The molecular weight excluding hydrogens is 256 g/mol. The Hall–Kier alpha value is -0.180. The second-order valence-electron chi connectivity index (χ2n) is 5.46. The van der Waals surface area contributed by atoms with Crippen LogP contribution in [0.1, 0.15) is 84.5 Å². The van der Waals surface area contributed by atoms with Gasteiger partial charge >= 0.3 is 5.97 Å².